The molecule has 164 valence electrons. The zero-order valence-corrected chi connectivity index (χ0v) is 18.5. The number of hydrogen-bond acceptors (Lipinski definition) is 4. The predicted octanol–water partition coefficient (Wildman–Crippen LogP) is 6.91. The van der Waals surface area contributed by atoms with Gasteiger partial charge in [0.2, 0.25) is 0 Å². The Labute approximate surface area is 173 Å². The summed E-state index contributed by atoms with van der Waals surface area (Å²) in [5.41, 5.74) is 0. The third-order valence-corrected chi connectivity index (χ3v) is 4.69. The van der Waals surface area contributed by atoms with E-state index in [1.807, 2.05) is 0 Å². The maximum Gasteiger partial charge on any atom is 0.305 e. The van der Waals surface area contributed by atoms with Gasteiger partial charge in [0.1, 0.15) is 0 Å². The topological polar surface area (TPSA) is 52.6 Å². The summed E-state index contributed by atoms with van der Waals surface area (Å²) in [6.45, 7) is 5.34. The van der Waals surface area contributed by atoms with Crippen LogP contribution in [-0.2, 0) is 19.1 Å². The minimum Gasteiger partial charge on any atom is -0.466 e. The Kier molecular flexibility index (Phi) is 20.9. The Balaban J connectivity index is 3.26. The second-order valence-electron chi connectivity index (χ2n) is 7.53. The van der Waals surface area contributed by atoms with Crippen LogP contribution in [0.2, 0.25) is 0 Å². The van der Waals surface area contributed by atoms with E-state index in [1.165, 1.54) is 19.3 Å². The van der Waals surface area contributed by atoms with Crippen molar-refractivity contribution in [1.82, 2.24) is 0 Å². The number of rotatable bonds is 20. The third-order valence-electron chi connectivity index (χ3n) is 4.69. The van der Waals surface area contributed by atoms with E-state index in [-0.39, 0.29) is 11.9 Å². The first-order valence-corrected chi connectivity index (χ1v) is 11.7. The van der Waals surface area contributed by atoms with Gasteiger partial charge in [-0.05, 0) is 51.4 Å². The molecule has 0 aromatic carbocycles. The molecule has 0 aromatic rings. The van der Waals surface area contributed by atoms with E-state index in [2.05, 4.69) is 26.0 Å². The second-order valence-corrected chi connectivity index (χ2v) is 7.53. The molecule has 0 aromatic heterocycles. The van der Waals surface area contributed by atoms with Gasteiger partial charge in [-0.1, -0.05) is 64.5 Å². The van der Waals surface area contributed by atoms with Crippen molar-refractivity contribution in [1.29, 1.82) is 0 Å². The maximum atomic E-state index is 11.5. The first kappa shape index (κ1) is 26.7. The predicted molar refractivity (Wildman–Crippen MR) is 116 cm³/mol. The monoisotopic (exact) mass is 396 g/mol. The van der Waals surface area contributed by atoms with Crippen LogP contribution < -0.4 is 0 Å². The molecular weight excluding hydrogens is 352 g/mol. The highest BCUT2D eigenvalue weighted by molar-refractivity contribution is 5.69. The molecule has 0 aliphatic rings. The minimum absolute atomic E-state index is 0.0373. The molecule has 0 radical (unpaired) electrons. The van der Waals surface area contributed by atoms with Crippen molar-refractivity contribution >= 4 is 11.9 Å². The minimum atomic E-state index is -0.0441. The highest BCUT2D eigenvalue weighted by Gasteiger charge is 2.02. The van der Waals surface area contributed by atoms with Gasteiger partial charge in [0, 0.05) is 12.8 Å². The van der Waals surface area contributed by atoms with Crippen LogP contribution >= 0.6 is 0 Å². The van der Waals surface area contributed by atoms with Gasteiger partial charge in [-0.25, -0.2) is 0 Å². The Morgan fingerprint density at radius 3 is 1.43 bits per heavy atom. The van der Waals surface area contributed by atoms with E-state index < -0.39 is 0 Å². The molecule has 0 amide bonds. The number of carbonyl (C=O) groups excluding carboxylic acids is 2. The van der Waals surface area contributed by atoms with Gasteiger partial charge in [-0.2, -0.15) is 0 Å². The van der Waals surface area contributed by atoms with Crippen molar-refractivity contribution < 1.29 is 19.1 Å². The number of allylic oxidation sites excluding steroid dienone is 2. The lowest BCUT2D eigenvalue weighted by Crippen LogP contribution is -2.05. The Morgan fingerprint density at radius 2 is 0.964 bits per heavy atom. The molecule has 0 heterocycles. The second kappa shape index (κ2) is 22.0. The molecule has 0 atom stereocenters. The number of esters is 2. The molecule has 4 nitrogen and oxygen atoms in total. The van der Waals surface area contributed by atoms with E-state index in [4.69, 9.17) is 9.47 Å². The summed E-state index contributed by atoms with van der Waals surface area (Å²) in [4.78, 5) is 22.9. The largest absolute Gasteiger partial charge is 0.466 e. The summed E-state index contributed by atoms with van der Waals surface area (Å²) in [6.07, 6.45) is 20.9. The smallest absolute Gasteiger partial charge is 0.305 e. The lowest BCUT2D eigenvalue weighted by molar-refractivity contribution is -0.144. The van der Waals surface area contributed by atoms with Crippen molar-refractivity contribution in [3.05, 3.63) is 12.2 Å². The summed E-state index contributed by atoms with van der Waals surface area (Å²) in [7, 11) is 0. The highest BCUT2D eigenvalue weighted by atomic mass is 16.5. The van der Waals surface area contributed by atoms with Crippen LogP contribution in [0.3, 0.4) is 0 Å². The van der Waals surface area contributed by atoms with E-state index in [0.29, 0.717) is 26.1 Å². The van der Waals surface area contributed by atoms with Crippen LogP contribution in [0.15, 0.2) is 12.2 Å². The number of hydrogen-bond donors (Lipinski definition) is 0. The Morgan fingerprint density at radius 1 is 0.571 bits per heavy atom. The van der Waals surface area contributed by atoms with Crippen LogP contribution in [-0.4, -0.2) is 25.2 Å². The summed E-state index contributed by atoms with van der Waals surface area (Å²) in [5, 5.41) is 0. The number of carbonyl (C=O) groups is 2. The molecule has 28 heavy (non-hydrogen) atoms. The van der Waals surface area contributed by atoms with Gasteiger partial charge in [0.05, 0.1) is 13.2 Å². The molecule has 0 aliphatic carbocycles. The van der Waals surface area contributed by atoms with Crippen LogP contribution in [0.1, 0.15) is 117 Å². The third kappa shape index (κ3) is 21.0. The van der Waals surface area contributed by atoms with Crippen molar-refractivity contribution in [2.24, 2.45) is 0 Å². The molecule has 4 heteroatoms. The lowest BCUT2D eigenvalue weighted by atomic mass is 10.1. The average molecular weight is 397 g/mol. The van der Waals surface area contributed by atoms with E-state index in [9.17, 15) is 9.59 Å². The van der Waals surface area contributed by atoms with Crippen molar-refractivity contribution in [2.45, 2.75) is 117 Å². The molecular formula is C24H44O4. The van der Waals surface area contributed by atoms with Crippen LogP contribution in [0.4, 0.5) is 0 Å². The van der Waals surface area contributed by atoms with Crippen molar-refractivity contribution in [2.75, 3.05) is 13.2 Å². The molecule has 0 fully saturated rings. The zero-order valence-electron chi connectivity index (χ0n) is 18.5. The van der Waals surface area contributed by atoms with Gasteiger partial charge < -0.3 is 9.47 Å². The normalized spacial score (nSPS) is 11.1. The first-order valence-electron chi connectivity index (χ1n) is 11.7. The van der Waals surface area contributed by atoms with Crippen LogP contribution in [0.25, 0.3) is 0 Å². The fourth-order valence-corrected chi connectivity index (χ4v) is 2.81. The molecule has 0 aliphatic heterocycles. The maximum absolute atomic E-state index is 11.5. The summed E-state index contributed by atoms with van der Waals surface area (Å²) < 4.78 is 10.3. The molecule has 0 N–H and O–H groups in total. The Hall–Kier alpha value is -1.32. The Bertz CT molecular complexity index is 390. The first-order chi connectivity index (χ1) is 13.7. The summed E-state index contributed by atoms with van der Waals surface area (Å²) >= 11 is 0. The fraction of sp³-hybridized carbons (Fsp3) is 0.833. The number of ether oxygens (including phenoxy) is 2. The van der Waals surface area contributed by atoms with Crippen molar-refractivity contribution in [3.8, 4) is 0 Å². The molecule has 0 saturated heterocycles. The molecule has 0 spiro atoms. The van der Waals surface area contributed by atoms with Gasteiger partial charge in [0.25, 0.3) is 0 Å². The van der Waals surface area contributed by atoms with E-state index in [0.717, 1.165) is 70.6 Å². The van der Waals surface area contributed by atoms with Crippen molar-refractivity contribution in [3.63, 3.8) is 0 Å². The zero-order chi connectivity index (χ0) is 20.7. The van der Waals surface area contributed by atoms with E-state index >= 15 is 0 Å². The summed E-state index contributed by atoms with van der Waals surface area (Å²) in [6, 6.07) is 0. The highest BCUT2D eigenvalue weighted by Crippen LogP contribution is 2.10. The standard InChI is InChI=1S/C24H44O4/c1-3-5-21-27-23(25)19-17-15-13-11-9-7-8-10-12-14-16-18-20-24(26)28-22-6-4-2/h7,9H,3-6,8,10-22H2,1-2H3/b9-7+. The quantitative estimate of drug-likeness (QED) is 0.127. The van der Waals surface area contributed by atoms with Gasteiger partial charge in [-0.3, -0.25) is 9.59 Å². The molecule has 0 rings (SSSR count). The fourth-order valence-electron chi connectivity index (χ4n) is 2.81. The number of unbranched alkanes of at least 4 members (excludes halogenated alkanes) is 10. The van der Waals surface area contributed by atoms with Gasteiger partial charge >= 0.3 is 11.9 Å². The van der Waals surface area contributed by atoms with Gasteiger partial charge in [-0.15, -0.1) is 0 Å². The van der Waals surface area contributed by atoms with Crippen LogP contribution in [0, 0.1) is 0 Å². The van der Waals surface area contributed by atoms with E-state index in [1.54, 1.807) is 0 Å². The summed E-state index contributed by atoms with van der Waals surface area (Å²) in [5.74, 6) is -0.0813. The molecule has 0 saturated carbocycles. The average Bonchev–Trinajstić information content (AvgIpc) is 2.68. The lowest BCUT2D eigenvalue weighted by Gasteiger charge is -2.03. The van der Waals surface area contributed by atoms with Gasteiger partial charge in [0.15, 0.2) is 0 Å². The molecule has 0 bridgehead atoms. The van der Waals surface area contributed by atoms with Crippen LogP contribution in [0.5, 0.6) is 0 Å². The SMILES string of the molecule is CCCCOC(=O)CCCCC/C=C/CCCCCCCC(=O)OCCCC. The molecule has 0 unspecified atom stereocenters.